The van der Waals surface area contributed by atoms with Crippen molar-refractivity contribution >= 4 is 11.6 Å². The second-order valence-corrected chi connectivity index (χ2v) is 4.12. The number of rotatable bonds is 2. The van der Waals surface area contributed by atoms with Crippen molar-refractivity contribution in [3.8, 4) is 0 Å². The largest absolute Gasteiger partial charge is 0.416 e. The highest BCUT2D eigenvalue weighted by atomic mass is 35.5. The van der Waals surface area contributed by atoms with Gasteiger partial charge in [0, 0.05) is 17.8 Å². The molecule has 1 heterocycles. The summed E-state index contributed by atoms with van der Waals surface area (Å²) in [6, 6.07) is 0.977. The molecule has 1 aromatic heterocycles. The molecule has 0 N–H and O–H groups in total. The Bertz CT molecular complexity index is 336. The molecule has 2 atom stereocenters. The Morgan fingerprint density at radius 1 is 1.33 bits per heavy atom. The van der Waals surface area contributed by atoms with Crippen LogP contribution in [0.3, 0.4) is 0 Å². The first kappa shape index (κ1) is 12.3. The molecule has 84 valence electrons. The molecular formula is C10H11ClF3N. The van der Waals surface area contributed by atoms with Crippen LogP contribution in [0.1, 0.15) is 30.9 Å². The molecule has 0 aliphatic heterocycles. The van der Waals surface area contributed by atoms with Gasteiger partial charge in [-0.25, -0.2) is 0 Å². The van der Waals surface area contributed by atoms with Gasteiger partial charge in [0.25, 0.3) is 0 Å². The normalized spacial score (nSPS) is 16.1. The SMILES string of the molecule is CC(Cl)C(C)c1cnccc1C(F)(F)F. The van der Waals surface area contributed by atoms with Crippen LogP contribution in [-0.2, 0) is 6.18 Å². The van der Waals surface area contributed by atoms with E-state index in [1.54, 1.807) is 13.8 Å². The van der Waals surface area contributed by atoms with Crippen LogP contribution in [0, 0.1) is 0 Å². The summed E-state index contributed by atoms with van der Waals surface area (Å²) in [5.74, 6) is -0.378. The number of aromatic nitrogens is 1. The lowest BCUT2D eigenvalue weighted by molar-refractivity contribution is -0.138. The van der Waals surface area contributed by atoms with E-state index in [1.165, 1.54) is 6.20 Å². The van der Waals surface area contributed by atoms with Gasteiger partial charge in [-0.15, -0.1) is 11.6 Å². The average Bonchev–Trinajstić information content (AvgIpc) is 2.15. The van der Waals surface area contributed by atoms with Gasteiger partial charge in [-0.2, -0.15) is 13.2 Å². The third-order valence-electron chi connectivity index (χ3n) is 2.34. The van der Waals surface area contributed by atoms with Crippen LogP contribution < -0.4 is 0 Å². The first-order valence-electron chi connectivity index (χ1n) is 4.49. The minimum absolute atomic E-state index is 0.146. The van der Waals surface area contributed by atoms with Gasteiger partial charge in [0.05, 0.1) is 5.56 Å². The van der Waals surface area contributed by atoms with E-state index >= 15 is 0 Å². The van der Waals surface area contributed by atoms with Crippen molar-refractivity contribution < 1.29 is 13.2 Å². The second kappa shape index (κ2) is 4.39. The molecule has 1 aromatic rings. The summed E-state index contributed by atoms with van der Waals surface area (Å²) in [7, 11) is 0. The van der Waals surface area contributed by atoms with Gasteiger partial charge in [-0.05, 0) is 24.5 Å². The number of hydrogen-bond acceptors (Lipinski definition) is 1. The minimum Gasteiger partial charge on any atom is -0.264 e. The first-order valence-corrected chi connectivity index (χ1v) is 4.93. The van der Waals surface area contributed by atoms with Crippen molar-refractivity contribution in [2.45, 2.75) is 31.3 Å². The molecule has 0 aromatic carbocycles. The van der Waals surface area contributed by atoms with E-state index in [2.05, 4.69) is 4.98 Å². The molecule has 0 radical (unpaired) electrons. The van der Waals surface area contributed by atoms with Crippen molar-refractivity contribution in [1.82, 2.24) is 4.98 Å². The monoisotopic (exact) mass is 237 g/mol. The van der Waals surface area contributed by atoms with Gasteiger partial charge < -0.3 is 0 Å². The van der Waals surface area contributed by atoms with E-state index in [-0.39, 0.29) is 16.9 Å². The maximum absolute atomic E-state index is 12.6. The molecule has 0 saturated carbocycles. The van der Waals surface area contributed by atoms with Crippen molar-refractivity contribution in [3.63, 3.8) is 0 Å². The molecule has 0 saturated heterocycles. The highest BCUT2D eigenvalue weighted by Crippen LogP contribution is 2.36. The topological polar surface area (TPSA) is 12.9 Å². The van der Waals surface area contributed by atoms with Crippen LogP contribution in [0.2, 0.25) is 0 Å². The Morgan fingerprint density at radius 3 is 2.40 bits per heavy atom. The van der Waals surface area contributed by atoms with E-state index in [0.29, 0.717) is 0 Å². The lowest BCUT2D eigenvalue weighted by Crippen LogP contribution is -2.15. The predicted molar refractivity (Wildman–Crippen MR) is 53.0 cm³/mol. The number of alkyl halides is 4. The molecule has 0 spiro atoms. The summed E-state index contributed by atoms with van der Waals surface area (Å²) in [5.41, 5.74) is -0.509. The number of nitrogens with zero attached hydrogens (tertiary/aromatic N) is 1. The standard InChI is InChI=1S/C10H11ClF3N/c1-6(7(2)11)8-5-15-4-3-9(8)10(12,13)14/h3-7H,1-2H3. The minimum atomic E-state index is -4.35. The van der Waals surface area contributed by atoms with Gasteiger partial charge in [0.15, 0.2) is 0 Å². The Labute approximate surface area is 91.3 Å². The lowest BCUT2D eigenvalue weighted by atomic mass is 9.95. The van der Waals surface area contributed by atoms with Gasteiger partial charge in [-0.3, -0.25) is 4.98 Å². The Hall–Kier alpha value is -0.770. The van der Waals surface area contributed by atoms with Crippen molar-refractivity contribution in [2.75, 3.05) is 0 Å². The number of hydrogen-bond donors (Lipinski definition) is 0. The van der Waals surface area contributed by atoms with Crippen LogP contribution in [0.25, 0.3) is 0 Å². The van der Waals surface area contributed by atoms with E-state index < -0.39 is 11.7 Å². The lowest BCUT2D eigenvalue weighted by Gasteiger charge is -2.19. The molecule has 0 aliphatic carbocycles. The van der Waals surface area contributed by atoms with Gasteiger partial charge in [-0.1, -0.05) is 6.92 Å². The van der Waals surface area contributed by atoms with E-state index in [1.807, 2.05) is 0 Å². The highest BCUT2D eigenvalue weighted by molar-refractivity contribution is 6.20. The molecule has 1 rings (SSSR count). The zero-order valence-electron chi connectivity index (χ0n) is 8.35. The third kappa shape index (κ3) is 2.84. The average molecular weight is 238 g/mol. The predicted octanol–water partition coefficient (Wildman–Crippen LogP) is 3.83. The maximum Gasteiger partial charge on any atom is 0.416 e. The summed E-state index contributed by atoms with van der Waals surface area (Å²) in [4.78, 5) is 3.70. The Balaban J connectivity index is 3.18. The van der Waals surface area contributed by atoms with E-state index in [4.69, 9.17) is 11.6 Å². The fourth-order valence-electron chi connectivity index (χ4n) is 1.28. The van der Waals surface area contributed by atoms with Crippen LogP contribution in [0.15, 0.2) is 18.5 Å². The van der Waals surface area contributed by atoms with Gasteiger partial charge >= 0.3 is 6.18 Å². The van der Waals surface area contributed by atoms with Crippen molar-refractivity contribution in [1.29, 1.82) is 0 Å². The van der Waals surface area contributed by atoms with Crippen LogP contribution in [0.5, 0.6) is 0 Å². The summed E-state index contributed by atoms with van der Waals surface area (Å²) in [6.45, 7) is 3.32. The van der Waals surface area contributed by atoms with E-state index in [9.17, 15) is 13.2 Å². The quantitative estimate of drug-likeness (QED) is 0.713. The molecule has 0 aliphatic rings. The van der Waals surface area contributed by atoms with Crippen molar-refractivity contribution in [2.24, 2.45) is 0 Å². The Kier molecular flexibility index (Phi) is 3.60. The molecular weight excluding hydrogens is 227 g/mol. The maximum atomic E-state index is 12.6. The molecule has 2 unspecified atom stereocenters. The van der Waals surface area contributed by atoms with Crippen molar-refractivity contribution in [3.05, 3.63) is 29.6 Å². The molecule has 0 bridgehead atoms. The first-order chi connectivity index (χ1) is 6.84. The van der Waals surface area contributed by atoms with E-state index in [0.717, 1.165) is 12.3 Å². The summed E-state index contributed by atoms with van der Waals surface area (Å²) in [5, 5.41) is -0.365. The highest BCUT2D eigenvalue weighted by Gasteiger charge is 2.35. The van der Waals surface area contributed by atoms with Gasteiger partial charge in [0.1, 0.15) is 0 Å². The molecule has 15 heavy (non-hydrogen) atoms. The zero-order valence-corrected chi connectivity index (χ0v) is 9.10. The summed E-state index contributed by atoms with van der Waals surface area (Å²) >= 11 is 5.79. The molecule has 0 fully saturated rings. The fourth-order valence-corrected chi connectivity index (χ4v) is 1.41. The molecule has 5 heteroatoms. The third-order valence-corrected chi connectivity index (χ3v) is 2.71. The Morgan fingerprint density at radius 2 is 1.93 bits per heavy atom. The summed E-state index contributed by atoms with van der Waals surface area (Å²) in [6.07, 6.45) is -1.98. The molecule has 0 amide bonds. The number of pyridine rings is 1. The zero-order chi connectivity index (χ0) is 11.6. The smallest absolute Gasteiger partial charge is 0.264 e. The summed E-state index contributed by atoms with van der Waals surface area (Å²) < 4.78 is 37.8. The fraction of sp³-hybridized carbons (Fsp3) is 0.500. The molecule has 1 nitrogen and oxygen atoms in total. The number of halogens is 4. The second-order valence-electron chi connectivity index (χ2n) is 3.43. The van der Waals surface area contributed by atoms with Crippen LogP contribution >= 0.6 is 11.6 Å². The van der Waals surface area contributed by atoms with Crippen LogP contribution in [-0.4, -0.2) is 10.4 Å². The van der Waals surface area contributed by atoms with Gasteiger partial charge in [0.2, 0.25) is 0 Å². The van der Waals surface area contributed by atoms with Crippen LogP contribution in [0.4, 0.5) is 13.2 Å².